The Kier molecular flexibility index (Phi) is 3.36. The molecule has 1 aromatic carbocycles. The summed E-state index contributed by atoms with van der Waals surface area (Å²) in [4.78, 5) is 6.87. The standard InChI is InChI=1S/C17H20FN3/c18-15-6-5-13(17-14(15)4-2-8-20-17)10-21-9-12-3-1-7-19-16(12)11-21/h2,4-6,8,12,16,19H,1,3,7,9-11H2/t12-,16+/m0/s1. The fourth-order valence-electron chi connectivity index (χ4n) is 3.83. The predicted molar refractivity (Wildman–Crippen MR) is 81.5 cm³/mol. The Hall–Kier alpha value is -1.52. The average Bonchev–Trinajstić information content (AvgIpc) is 2.93. The Bertz CT molecular complexity index is 644. The molecule has 2 aromatic rings. The van der Waals surface area contributed by atoms with Crippen LogP contribution < -0.4 is 5.32 Å². The summed E-state index contributed by atoms with van der Waals surface area (Å²) in [7, 11) is 0. The summed E-state index contributed by atoms with van der Waals surface area (Å²) in [6.07, 6.45) is 4.36. The molecule has 0 saturated carbocycles. The fraction of sp³-hybridized carbons (Fsp3) is 0.471. The molecule has 1 aromatic heterocycles. The van der Waals surface area contributed by atoms with Crippen molar-refractivity contribution in [3.63, 3.8) is 0 Å². The van der Waals surface area contributed by atoms with Gasteiger partial charge in [-0.2, -0.15) is 0 Å². The second-order valence-electron chi connectivity index (χ2n) is 6.26. The number of fused-ring (bicyclic) bond motifs is 2. The van der Waals surface area contributed by atoms with E-state index in [-0.39, 0.29) is 5.82 Å². The quantitative estimate of drug-likeness (QED) is 0.919. The molecule has 3 nitrogen and oxygen atoms in total. The number of benzene rings is 1. The number of halogens is 1. The van der Waals surface area contributed by atoms with Crippen LogP contribution in [0.4, 0.5) is 4.39 Å². The molecule has 0 radical (unpaired) electrons. The number of pyridine rings is 1. The summed E-state index contributed by atoms with van der Waals surface area (Å²) in [5, 5.41) is 4.26. The van der Waals surface area contributed by atoms with Crippen LogP contribution in [0, 0.1) is 11.7 Å². The van der Waals surface area contributed by atoms with Gasteiger partial charge in [-0.05, 0) is 49.1 Å². The normalized spacial score (nSPS) is 26.1. The van der Waals surface area contributed by atoms with Gasteiger partial charge < -0.3 is 5.32 Å². The molecule has 2 saturated heterocycles. The van der Waals surface area contributed by atoms with Gasteiger partial charge in [0.15, 0.2) is 0 Å². The Labute approximate surface area is 124 Å². The number of piperidine rings is 1. The van der Waals surface area contributed by atoms with E-state index in [2.05, 4.69) is 15.2 Å². The van der Waals surface area contributed by atoms with Crippen molar-refractivity contribution in [1.29, 1.82) is 0 Å². The van der Waals surface area contributed by atoms with Gasteiger partial charge in [0.1, 0.15) is 5.82 Å². The molecule has 2 fully saturated rings. The third kappa shape index (κ3) is 2.43. The first-order chi connectivity index (χ1) is 10.3. The molecule has 0 bridgehead atoms. The van der Waals surface area contributed by atoms with E-state index in [0.717, 1.165) is 43.2 Å². The Balaban J connectivity index is 1.59. The van der Waals surface area contributed by atoms with Crippen molar-refractivity contribution in [1.82, 2.24) is 15.2 Å². The zero-order valence-corrected chi connectivity index (χ0v) is 12.1. The summed E-state index contributed by atoms with van der Waals surface area (Å²) in [5.74, 6) is 0.594. The maximum atomic E-state index is 13.9. The van der Waals surface area contributed by atoms with Crippen molar-refractivity contribution in [2.75, 3.05) is 19.6 Å². The number of nitrogens with zero attached hydrogens (tertiary/aromatic N) is 2. The SMILES string of the molecule is Fc1ccc(CN2C[C@@H]3CCCN[C@@H]3C2)c2ncccc12. The molecule has 3 heterocycles. The second kappa shape index (κ2) is 5.35. The van der Waals surface area contributed by atoms with Crippen molar-refractivity contribution in [2.24, 2.45) is 5.92 Å². The largest absolute Gasteiger partial charge is 0.312 e. The van der Waals surface area contributed by atoms with Gasteiger partial charge in [0.05, 0.1) is 5.52 Å². The fourth-order valence-corrected chi connectivity index (χ4v) is 3.83. The summed E-state index contributed by atoms with van der Waals surface area (Å²) >= 11 is 0. The number of likely N-dealkylation sites (tertiary alicyclic amines) is 1. The molecule has 0 amide bonds. The third-order valence-electron chi connectivity index (χ3n) is 4.87. The van der Waals surface area contributed by atoms with Crippen molar-refractivity contribution >= 4 is 10.9 Å². The number of aromatic nitrogens is 1. The van der Waals surface area contributed by atoms with E-state index in [1.54, 1.807) is 18.3 Å². The molecular formula is C17H20FN3. The lowest BCUT2D eigenvalue weighted by Gasteiger charge is -2.24. The summed E-state index contributed by atoms with van der Waals surface area (Å²) in [6.45, 7) is 4.25. The van der Waals surface area contributed by atoms with Crippen molar-refractivity contribution in [2.45, 2.75) is 25.4 Å². The molecule has 21 heavy (non-hydrogen) atoms. The molecule has 2 atom stereocenters. The molecule has 110 valence electrons. The second-order valence-corrected chi connectivity index (χ2v) is 6.26. The van der Waals surface area contributed by atoms with Crippen LogP contribution in [0.3, 0.4) is 0 Å². The van der Waals surface area contributed by atoms with E-state index < -0.39 is 0 Å². The predicted octanol–water partition coefficient (Wildman–Crippen LogP) is 2.56. The van der Waals surface area contributed by atoms with Crippen LogP contribution in [0.15, 0.2) is 30.5 Å². The van der Waals surface area contributed by atoms with Crippen LogP contribution in [0.2, 0.25) is 0 Å². The van der Waals surface area contributed by atoms with Gasteiger partial charge in [0.25, 0.3) is 0 Å². The molecule has 2 aliphatic rings. The summed E-state index contributed by atoms with van der Waals surface area (Å²) < 4.78 is 13.9. The van der Waals surface area contributed by atoms with Gasteiger partial charge in [0.2, 0.25) is 0 Å². The molecular weight excluding hydrogens is 265 g/mol. The lowest BCUT2D eigenvalue weighted by molar-refractivity contribution is 0.313. The van der Waals surface area contributed by atoms with Crippen molar-refractivity contribution < 1.29 is 4.39 Å². The average molecular weight is 285 g/mol. The topological polar surface area (TPSA) is 28.2 Å². The minimum atomic E-state index is -0.182. The first-order valence-corrected chi connectivity index (χ1v) is 7.79. The minimum absolute atomic E-state index is 0.182. The van der Waals surface area contributed by atoms with Gasteiger partial charge in [0, 0.05) is 37.3 Å². The number of rotatable bonds is 2. The molecule has 0 spiro atoms. The first-order valence-electron chi connectivity index (χ1n) is 7.79. The van der Waals surface area contributed by atoms with Crippen LogP contribution in [0.5, 0.6) is 0 Å². The van der Waals surface area contributed by atoms with Crippen LogP contribution in [0.25, 0.3) is 10.9 Å². The molecule has 4 rings (SSSR count). The zero-order valence-electron chi connectivity index (χ0n) is 12.1. The molecule has 1 N–H and O–H groups in total. The maximum absolute atomic E-state index is 13.9. The minimum Gasteiger partial charge on any atom is -0.312 e. The van der Waals surface area contributed by atoms with Gasteiger partial charge >= 0.3 is 0 Å². The molecule has 0 aliphatic carbocycles. The molecule has 4 heteroatoms. The van der Waals surface area contributed by atoms with Crippen LogP contribution in [-0.2, 0) is 6.54 Å². The number of nitrogens with one attached hydrogen (secondary N) is 1. The first kappa shape index (κ1) is 13.2. The van der Waals surface area contributed by atoms with E-state index in [9.17, 15) is 4.39 Å². The Morgan fingerprint density at radius 2 is 2.24 bits per heavy atom. The van der Waals surface area contributed by atoms with E-state index in [4.69, 9.17) is 0 Å². The third-order valence-corrected chi connectivity index (χ3v) is 4.87. The van der Waals surface area contributed by atoms with Gasteiger partial charge in [-0.25, -0.2) is 4.39 Å². The zero-order chi connectivity index (χ0) is 14.2. The van der Waals surface area contributed by atoms with Crippen LogP contribution in [-0.4, -0.2) is 35.6 Å². The Morgan fingerprint density at radius 3 is 3.14 bits per heavy atom. The number of hydrogen-bond donors (Lipinski definition) is 1. The van der Waals surface area contributed by atoms with Crippen molar-refractivity contribution in [3.05, 3.63) is 41.8 Å². The summed E-state index contributed by atoms with van der Waals surface area (Å²) in [5.41, 5.74) is 1.94. The lowest BCUT2D eigenvalue weighted by atomic mass is 9.94. The highest BCUT2D eigenvalue weighted by Crippen LogP contribution is 2.28. The van der Waals surface area contributed by atoms with Crippen LogP contribution in [0.1, 0.15) is 18.4 Å². The monoisotopic (exact) mass is 285 g/mol. The molecule has 2 aliphatic heterocycles. The highest BCUT2D eigenvalue weighted by atomic mass is 19.1. The summed E-state index contributed by atoms with van der Waals surface area (Å²) in [6, 6.07) is 7.70. The highest BCUT2D eigenvalue weighted by molar-refractivity contribution is 5.82. The molecule has 0 unspecified atom stereocenters. The van der Waals surface area contributed by atoms with Gasteiger partial charge in [-0.1, -0.05) is 6.07 Å². The van der Waals surface area contributed by atoms with Crippen molar-refractivity contribution in [3.8, 4) is 0 Å². The highest BCUT2D eigenvalue weighted by Gasteiger charge is 2.34. The Morgan fingerprint density at radius 1 is 1.29 bits per heavy atom. The van der Waals surface area contributed by atoms with Gasteiger partial charge in [-0.3, -0.25) is 9.88 Å². The smallest absolute Gasteiger partial charge is 0.132 e. The van der Waals surface area contributed by atoms with E-state index in [0.29, 0.717) is 11.4 Å². The lowest BCUT2D eigenvalue weighted by Crippen LogP contribution is -2.40. The van der Waals surface area contributed by atoms with E-state index >= 15 is 0 Å². The number of hydrogen-bond acceptors (Lipinski definition) is 3. The van der Waals surface area contributed by atoms with Crippen LogP contribution >= 0.6 is 0 Å². The van der Waals surface area contributed by atoms with Gasteiger partial charge in [-0.15, -0.1) is 0 Å². The maximum Gasteiger partial charge on any atom is 0.132 e. The van der Waals surface area contributed by atoms with E-state index in [1.807, 2.05) is 12.1 Å². The van der Waals surface area contributed by atoms with E-state index in [1.165, 1.54) is 12.8 Å².